The standard InChI is InChI=1S/C72H56N8O16/c1-5-29-33-9-35-30(6-2)37-11-39-32(8-4)40-12-38-31(7-3)36-10-34(29)50-22-52(36)92-60-16-44-46(78-67(76-44)27-71(85)86)18-62(60)94-54(38)24-56(40)96-64-20-48-47(79-68(80-48)28-72(87)88)19-63(64)95-55(39)23-53(37)93-61-17-45-43(75-66(77-45)26-70(83)84)15-59(61)91-51(35)21-49(33)89-57-13-41-42(14-58(57)90-50)74-65(73-41)25-69(81)82/h9-24,29-32H,5-8,25-28H2,1-4H3,(H,73,74)(H,75,77)(H,76,78)(H,79,80)(H,81,82)(H,83,84)(H,85,86)(H,87,88)/t29-,30+,31-,32+. The number of aromatic nitrogens is 8. The lowest BCUT2D eigenvalue weighted by Crippen LogP contribution is -2.12. The number of carbonyl (C=O) groups is 4. The van der Waals surface area contributed by atoms with Gasteiger partial charge in [0, 0.05) is 141 Å². The lowest BCUT2D eigenvalue weighted by Gasteiger charge is -2.29. The van der Waals surface area contributed by atoms with Crippen molar-refractivity contribution in [3.8, 4) is 92.0 Å². The van der Waals surface area contributed by atoms with Crippen molar-refractivity contribution in [1.29, 1.82) is 0 Å². The summed E-state index contributed by atoms with van der Waals surface area (Å²) < 4.78 is 58.2. The molecule has 0 spiro atoms. The number of ether oxygens (including phenoxy) is 8. The van der Waals surface area contributed by atoms with Gasteiger partial charge in [-0.15, -0.1) is 0 Å². The second kappa shape index (κ2) is 21.8. The van der Waals surface area contributed by atoms with Gasteiger partial charge in [-0.2, -0.15) is 0 Å². The van der Waals surface area contributed by atoms with Crippen molar-refractivity contribution in [3.63, 3.8) is 0 Å². The van der Waals surface area contributed by atoms with Gasteiger partial charge in [-0.05, 0) is 49.9 Å². The van der Waals surface area contributed by atoms with Crippen LogP contribution in [-0.4, -0.2) is 84.2 Å². The van der Waals surface area contributed by atoms with Crippen LogP contribution in [-0.2, 0) is 44.9 Å². The molecule has 12 aromatic rings. The average Bonchev–Trinajstić information content (AvgIpc) is 1.43. The van der Waals surface area contributed by atoms with E-state index in [4.69, 9.17) is 37.9 Å². The molecule has 4 atom stereocenters. The van der Waals surface area contributed by atoms with Gasteiger partial charge in [-0.25, -0.2) is 19.9 Å². The number of imidazole rings is 4. The normalized spacial score (nSPS) is 16.6. The Morgan fingerprint density at radius 2 is 0.458 bits per heavy atom. The number of benzene rings is 8. The van der Waals surface area contributed by atoms with Gasteiger partial charge in [-0.1, -0.05) is 27.7 Å². The van der Waals surface area contributed by atoms with Crippen LogP contribution in [0, 0.1) is 0 Å². The fourth-order valence-electron chi connectivity index (χ4n) is 14.5. The van der Waals surface area contributed by atoms with E-state index in [1.807, 2.05) is 24.3 Å². The van der Waals surface area contributed by atoms with Gasteiger partial charge in [0.25, 0.3) is 0 Å². The molecule has 17 rings (SSSR count). The summed E-state index contributed by atoms with van der Waals surface area (Å²) in [6.45, 7) is 8.40. The zero-order chi connectivity index (χ0) is 65.7. The number of hydrogen-bond acceptors (Lipinski definition) is 16. The Hall–Kier alpha value is -12.1. The summed E-state index contributed by atoms with van der Waals surface area (Å²) in [5.74, 6) is -0.156. The van der Waals surface area contributed by atoms with E-state index in [1.54, 1.807) is 48.5 Å². The van der Waals surface area contributed by atoms with Gasteiger partial charge in [-0.3, -0.25) is 19.2 Å². The molecule has 0 unspecified atom stereocenters. The van der Waals surface area contributed by atoms with Gasteiger partial charge in [0.05, 0.1) is 44.1 Å². The van der Waals surface area contributed by atoms with Gasteiger partial charge in [0.15, 0.2) is 46.0 Å². The molecule has 0 fully saturated rings. The molecule has 8 N–H and O–H groups in total. The van der Waals surface area contributed by atoms with E-state index in [0.717, 1.165) is 44.5 Å². The van der Waals surface area contributed by atoms with Gasteiger partial charge in [0.1, 0.15) is 95.0 Å². The van der Waals surface area contributed by atoms with Crippen LogP contribution >= 0.6 is 0 Å². The Morgan fingerprint density at radius 3 is 0.625 bits per heavy atom. The first kappa shape index (κ1) is 57.8. The third-order valence-electron chi connectivity index (χ3n) is 18.6. The molecule has 24 nitrogen and oxygen atoms in total. The molecule has 8 aromatic carbocycles. The number of H-pyrrole nitrogens is 4. The number of carboxylic acids is 4. The van der Waals surface area contributed by atoms with Crippen molar-refractivity contribution in [1.82, 2.24) is 39.9 Å². The minimum atomic E-state index is -1.07. The van der Waals surface area contributed by atoms with Crippen molar-refractivity contribution in [2.24, 2.45) is 0 Å². The number of carboxylic acid groups (broad SMARTS) is 4. The minimum Gasteiger partial charge on any atom is -0.481 e. The Morgan fingerprint density at radius 1 is 0.281 bits per heavy atom. The van der Waals surface area contributed by atoms with E-state index in [0.29, 0.717) is 116 Å². The Labute approximate surface area is 542 Å². The lowest BCUT2D eigenvalue weighted by atomic mass is 9.77. The summed E-state index contributed by atoms with van der Waals surface area (Å²) >= 11 is 0. The SMILES string of the molecule is CC[C@H]1c2cc3c4cc2Oc2cc5nc(CC(=O)O)[nH]c5cc2Oc2cc5c(cc21)[C@H](CC)c1cc2c(cc1Oc1cc6[nH]c(CC(=O)O)nc6cc1O5)Oc1cc5nc(CC(=O)O)[nH]c5cc1Oc1cc(c(cc1[C@H]2CC)[C@@H]3CC)Oc1cc2nc(CC(=O)O)[nH]c2cc1O4. The summed E-state index contributed by atoms with van der Waals surface area (Å²) in [6, 6.07) is 29.9. The second-order valence-electron chi connectivity index (χ2n) is 24.7. The highest BCUT2D eigenvalue weighted by molar-refractivity contribution is 5.86. The molecule has 0 amide bonds. The maximum Gasteiger partial charge on any atom is 0.311 e. The summed E-state index contributed by atoms with van der Waals surface area (Å²) in [7, 11) is 0. The van der Waals surface area contributed by atoms with Crippen LogP contribution in [0.5, 0.6) is 92.0 Å². The van der Waals surface area contributed by atoms with Crippen LogP contribution in [0.4, 0.5) is 0 Å². The molecule has 0 saturated carbocycles. The van der Waals surface area contributed by atoms with E-state index >= 15 is 0 Å². The summed E-state index contributed by atoms with van der Waals surface area (Å²) in [5, 5.41) is 39.6. The fraction of sp³-hybridized carbons (Fsp3) is 0.222. The maximum atomic E-state index is 12.1. The highest BCUT2D eigenvalue weighted by Crippen LogP contribution is 2.59. The topological polar surface area (TPSA) is 338 Å². The molecule has 24 heteroatoms. The molecule has 0 saturated heterocycles. The number of fused-ring (bicyclic) bond motifs is 8. The number of aromatic amines is 4. The minimum absolute atomic E-state index is 0.217. The monoisotopic (exact) mass is 1290 g/mol. The van der Waals surface area contributed by atoms with Crippen LogP contribution in [0.2, 0.25) is 0 Å². The highest BCUT2D eigenvalue weighted by Gasteiger charge is 2.39. The molecule has 4 aromatic heterocycles. The largest absolute Gasteiger partial charge is 0.481 e. The second-order valence-corrected chi connectivity index (χ2v) is 24.7. The summed E-state index contributed by atoms with van der Waals surface area (Å²) in [5.41, 5.74) is 9.73. The van der Waals surface area contributed by atoms with E-state index in [1.165, 1.54) is 0 Å². The maximum absolute atomic E-state index is 12.1. The van der Waals surface area contributed by atoms with E-state index in [9.17, 15) is 39.6 Å². The molecule has 4 aliphatic heterocycles. The first-order valence-electron chi connectivity index (χ1n) is 31.6. The molecule has 0 radical (unpaired) electrons. The third kappa shape index (κ3) is 9.64. The van der Waals surface area contributed by atoms with Gasteiger partial charge < -0.3 is 78.3 Å². The van der Waals surface area contributed by atoms with Crippen molar-refractivity contribution in [3.05, 3.63) is 165 Å². The van der Waals surface area contributed by atoms with Crippen LogP contribution < -0.4 is 37.9 Å². The first-order valence-corrected chi connectivity index (χ1v) is 31.6. The predicted molar refractivity (Wildman–Crippen MR) is 345 cm³/mol. The third-order valence-corrected chi connectivity index (χ3v) is 18.6. The summed E-state index contributed by atoms with van der Waals surface area (Å²) in [6.07, 6.45) is 0.533. The van der Waals surface area contributed by atoms with Crippen molar-refractivity contribution < 1.29 is 77.5 Å². The number of hydrogen-bond donors (Lipinski definition) is 8. The Balaban J connectivity index is 1.01. The molecule has 96 heavy (non-hydrogen) atoms. The van der Waals surface area contributed by atoms with E-state index < -0.39 is 47.5 Å². The predicted octanol–water partition coefficient (Wildman–Crippen LogP) is 15.8. The number of nitrogens with one attached hydrogen (secondary N) is 4. The van der Waals surface area contributed by atoms with E-state index in [2.05, 4.69) is 91.8 Å². The first-order chi connectivity index (χ1) is 46.5. The Kier molecular flexibility index (Phi) is 13.1. The average molecular weight is 1290 g/mol. The lowest BCUT2D eigenvalue weighted by molar-refractivity contribution is -0.137. The molecular weight excluding hydrogens is 1230 g/mol. The van der Waals surface area contributed by atoms with E-state index in [-0.39, 0.29) is 95.0 Å². The fourth-order valence-corrected chi connectivity index (χ4v) is 14.5. The van der Waals surface area contributed by atoms with Gasteiger partial charge >= 0.3 is 23.9 Å². The van der Waals surface area contributed by atoms with Crippen LogP contribution in [0.15, 0.2) is 97.1 Å². The highest BCUT2D eigenvalue weighted by atomic mass is 16.5. The molecule has 8 heterocycles. The van der Waals surface area contributed by atoms with Crippen molar-refractivity contribution >= 4 is 68.0 Å². The smallest absolute Gasteiger partial charge is 0.311 e. The van der Waals surface area contributed by atoms with Gasteiger partial charge in [0.2, 0.25) is 0 Å². The van der Waals surface area contributed by atoms with Crippen molar-refractivity contribution in [2.45, 2.75) is 103 Å². The van der Waals surface area contributed by atoms with Crippen LogP contribution in [0.1, 0.15) is 145 Å². The quantitative estimate of drug-likeness (QED) is 0.0563. The number of rotatable bonds is 12. The van der Waals surface area contributed by atoms with Crippen LogP contribution in [0.25, 0.3) is 44.1 Å². The molecule has 5 aliphatic rings. The zero-order valence-electron chi connectivity index (χ0n) is 51.7. The zero-order valence-corrected chi connectivity index (χ0v) is 51.7. The Bertz CT molecular complexity index is 4480. The molecular formula is C72H56N8O16. The molecule has 480 valence electrons. The number of aliphatic carboxylic acids is 4. The summed E-state index contributed by atoms with van der Waals surface area (Å²) in [4.78, 5) is 79.9. The molecule has 1 aliphatic carbocycles. The van der Waals surface area contributed by atoms with Crippen LogP contribution in [0.3, 0.4) is 0 Å². The van der Waals surface area contributed by atoms with Crippen molar-refractivity contribution in [2.75, 3.05) is 0 Å². The number of nitrogens with zero attached hydrogens (tertiary/aromatic N) is 4. The molecule has 8 bridgehead atoms.